The van der Waals surface area contributed by atoms with E-state index in [0.29, 0.717) is 0 Å². The van der Waals surface area contributed by atoms with Gasteiger partial charge in [0, 0.05) is 12.7 Å². The van der Waals surface area contributed by atoms with Crippen molar-refractivity contribution in [1.82, 2.24) is 14.5 Å². The van der Waals surface area contributed by atoms with Gasteiger partial charge in [-0.3, -0.25) is 4.68 Å². The Hall–Kier alpha value is -0.610. The van der Waals surface area contributed by atoms with E-state index in [4.69, 9.17) is 0 Å². The fourth-order valence-corrected chi connectivity index (χ4v) is 1.96. The lowest BCUT2D eigenvalue weighted by molar-refractivity contribution is -0.141. The third-order valence-corrected chi connectivity index (χ3v) is 4.48. The molecule has 0 saturated carbocycles. The highest BCUT2D eigenvalue weighted by Gasteiger charge is 2.33. The topological polar surface area (TPSA) is 64.0 Å². The smallest absolute Gasteiger partial charge is 0.271 e. The van der Waals surface area contributed by atoms with Crippen LogP contribution in [0.4, 0.5) is 13.2 Å². The van der Waals surface area contributed by atoms with E-state index in [1.165, 1.54) is 0 Å². The Labute approximate surface area is 104 Å². The van der Waals surface area contributed by atoms with Crippen molar-refractivity contribution in [1.29, 1.82) is 0 Å². The molecule has 98 valence electrons. The number of aromatic nitrogens is 2. The molecule has 5 nitrogen and oxygen atoms in total. The van der Waals surface area contributed by atoms with E-state index in [1.807, 2.05) is 0 Å². The predicted molar refractivity (Wildman–Crippen MR) is 57.9 cm³/mol. The minimum atomic E-state index is -4.49. The van der Waals surface area contributed by atoms with E-state index in [2.05, 4.69) is 25.8 Å². The third kappa shape index (κ3) is 4.64. The van der Waals surface area contributed by atoms with Gasteiger partial charge < -0.3 is 0 Å². The number of halogens is 4. The molecule has 0 saturated heterocycles. The summed E-state index contributed by atoms with van der Waals surface area (Å²) in [6, 6.07) is 0.832. The molecule has 0 amide bonds. The lowest BCUT2D eigenvalue weighted by atomic mass is 10.4. The maximum absolute atomic E-state index is 12.2. The Morgan fingerprint density at radius 2 is 2.12 bits per heavy atom. The highest BCUT2D eigenvalue weighted by Crippen LogP contribution is 2.27. The summed E-state index contributed by atoms with van der Waals surface area (Å²) >= 11 is 2.77. The minimum Gasteiger partial charge on any atom is -0.271 e. The van der Waals surface area contributed by atoms with Gasteiger partial charge in [0.25, 0.3) is 0 Å². The van der Waals surface area contributed by atoms with Crippen LogP contribution >= 0.6 is 15.9 Å². The maximum atomic E-state index is 12.2. The molecule has 0 aromatic carbocycles. The van der Waals surface area contributed by atoms with Gasteiger partial charge in [0.15, 0.2) is 5.69 Å². The molecule has 0 bridgehead atoms. The molecule has 1 rings (SSSR count). The number of hydrogen-bond acceptors (Lipinski definition) is 3. The molecule has 17 heavy (non-hydrogen) atoms. The second-order valence-corrected chi connectivity index (χ2v) is 6.19. The second kappa shape index (κ2) is 5.36. The Bertz CT molecular complexity index is 471. The second-order valence-electron chi connectivity index (χ2n) is 3.08. The summed E-state index contributed by atoms with van der Waals surface area (Å²) in [5.74, 6) is 0. The molecule has 0 spiro atoms. The van der Waals surface area contributed by atoms with Crippen LogP contribution in [-0.4, -0.2) is 29.4 Å². The summed E-state index contributed by atoms with van der Waals surface area (Å²) in [6.45, 7) is 0.00915. The normalized spacial score (nSPS) is 12.9. The number of nitrogens with zero attached hydrogens (tertiary/aromatic N) is 2. The van der Waals surface area contributed by atoms with Gasteiger partial charge in [0.1, 0.15) is 4.66 Å². The first-order chi connectivity index (χ1) is 7.74. The SMILES string of the molecule is O=S(=O)(CBr)NCCn1ccc(C(F)(F)F)n1. The molecule has 0 aliphatic rings. The first kappa shape index (κ1) is 14.5. The van der Waals surface area contributed by atoms with Gasteiger partial charge in [0.2, 0.25) is 10.0 Å². The summed E-state index contributed by atoms with van der Waals surface area (Å²) in [5, 5.41) is 3.27. The van der Waals surface area contributed by atoms with Crippen LogP contribution < -0.4 is 4.72 Å². The first-order valence-electron chi connectivity index (χ1n) is 4.38. The van der Waals surface area contributed by atoms with E-state index in [9.17, 15) is 21.6 Å². The molecule has 0 fully saturated rings. The van der Waals surface area contributed by atoms with Crippen molar-refractivity contribution < 1.29 is 21.6 Å². The van der Waals surface area contributed by atoms with Gasteiger partial charge in [-0.2, -0.15) is 18.3 Å². The van der Waals surface area contributed by atoms with Crippen molar-refractivity contribution in [3.05, 3.63) is 18.0 Å². The highest BCUT2D eigenvalue weighted by atomic mass is 79.9. The monoisotopic (exact) mass is 335 g/mol. The summed E-state index contributed by atoms with van der Waals surface area (Å²) in [7, 11) is -3.41. The fourth-order valence-electron chi connectivity index (χ4n) is 0.992. The number of nitrogens with one attached hydrogen (secondary N) is 1. The molecule has 0 aliphatic carbocycles. The van der Waals surface area contributed by atoms with E-state index in [1.54, 1.807) is 0 Å². The van der Waals surface area contributed by atoms with Crippen LogP contribution in [0.3, 0.4) is 0 Å². The zero-order chi connectivity index (χ0) is 13.1. The van der Waals surface area contributed by atoms with E-state index in [0.717, 1.165) is 16.9 Å². The van der Waals surface area contributed by atoms with Gasteiger partial charge in [-0.15, -0.1) is 0 Å². The third-order valence-electron chi connectivity index (χ3n) is 1.74. The average molecular weight is 336 g/mol. The summed E-state index contributed by atoms with van der Waals surface area (Å²) in [5.41, 5.74) is -0.999. The van der Waals surface area contributed by atoms with Gasteiger partial charge in [0.05, 0.1) is 6.54 Å². The lowest BCUT2D eigenvalue weighted by Gasteiger charge is -2.04. The van der Waals surface area contributed by atoms with Crippen LogP contribution in [0.2, 0.25) is 0 Å². The standard InChI is InChI=1S/C7H9BrF3N3O2S/c8-5-17(15,16)12-2-4-14-3-1-6(13-14)7(9,10)11/h1,3,12H,2,4-5H2. The molecule has 1 heterocycles. The van der Waals surface area contributed by atoms with Crippen molar-refractivity contribution in [2.45, 2.75) is 12.7 Å². The van der Waals surface area contributed by atoms with Crippen molar-refractivity contribution >= 4 is 26.0 Å². The Morgan fingerprint density at radius 1 is 1.47 bits per heavy atom. The quantitative estimate of drug-likeness (QED) is 0.821. The predicted octanol–water partition coefficient (Wildman–Crippen LogP) is 1.17. The lowest BCUT2D eigenvalue weighted by Crippen LogP contribution is -2.28. The fraction of sp³-hybridized carbons (Fsp3) is 0.571. The van der Waals surface area contributed by atoms with Crippen molar-refractivity contribution in [3.8, 4) is 0 Å². The number of sulfonamides is 1. The summed E-state index contributed by atoms with van der Waals surface area (Å²) in [4.78, 5) is 0. The highest BCUT2D eigenvalue weighted by molar-refractivity contribution is 9.10. The number of alkyl halides is 4. The van der Waals surface area contributed by atoms with E-state index < -0.39 is 21.9 Å². The van der Waals surface area contributed by atoms with E-state index >= 15 is 0 Å². The Morgan fingerprint density at radius 3 is 2.59 bits per heavy atom. The first-order valence-corrected chi connectivity index (χ1v) is 7.16. The number of rotatable bonds is 5. The van der Waals surface area contributed by atoms with Crippen LogP contribution in [0.15, 0.2) is 12.3 Å². The molecule has 1 aromatic rings. The average Bonchev–Trinajstić information content (AvgIpc) is 2.66. The maximum Gasteiger partial charge on any atom is 0.435 e. The minimum absolute atomic E-state index is 0.0209. The zero-order valence-electron chi connectivity index (χ0n) is 8.41. The van der Waals surface area contributed by atoms with Crippen LogP contribution in [0.25, 0.3) is 0 Å². The number of hydrogen-bond donors (Lipinski definition) is 1. The molecule has 10 heteroatoms. The van der Waals surface area contributed by atoms with Crippen molar-refractivity contribution in [2.75, 3.05) is 11.2 Å². The molecule has 1 aromatic heterocycles. The van der Waals surface area contributed by atoms with Crippen molar-refractivity contribution in [2.24, 2.45) is 0 Å². The summed E-state index contributed by atoms with van der Waals surface area (Å²) < 4.78 is 61.5. The molecule has 0 radical (unpaired) electrons. The van der Waals surface area contributed by atoms with E-state index in [-0.39, 0.29) is 17.8 Å². The van der Waals surface area contributed by atoms with Crippen molar-refractivity contribution in [3.63, 3.8) is 0 Å². The molecular weight excluding hydrogens is 327 g/mol. The van der Waals surface area contributed by atoms with Crippen LogP contribution in [-0.2, 0) is 22.7 Å². The zero-order valence-corrected chi connectivity index (χ0v) is 10.8. The largest absolute Gasteiger partial charge is 0.435 e. The van der Waals surface area contributed by atoms with Crippen LogP contribution in [0.5, 0.6) is 0 Å². The molecular formula is C7H9BrF3N3O2S. The Balaban J connectivity index is 2.52. The van der Waals surface area contributed by atoms with Gasteiger partial charge in [-0.25, -0.2) is 13.1 Å². The molecule has 0 unspecified atom stereocenters. The van der Waals surface area contributed by atoms with Gasteiger partial charge in [-0.05, 0) is 6.07 Å². The molecule has 0 atom stereocenters. The summed E-state index contributed by atoms with van der Waals surface area (Å²) in [6.07, 6.45) is -3.34. The van der Waals surface area contributed by atoms with Crippen LogP contribution in [0, 0.1) is 0 Å². The van der Waals surface area contributed by atoms with Crippen LogP contribution in [0.1, 0.15) is 5.69 Å². The van der Waals surface area contributed by atoms with Gasteiger partial charge in [-0.1, -0.05) is 15.9 Å². The molecule has 1 N–H and O–H groups in total. The Kier molecular flexibility index (Phi) is 4.55. The van der Waals surface area contributed by atoms with Gasteiger partial charge >= 0.3 is 6.18 Å². The molecule has 0 aliphatic heterocycles.